The Morgan fingerprint density at radius 2 is 1.71 bits per heavy atom. The second-order valence-electron chi connectivity index (χ2n) is 4.84. The van der Waals surface area contributed by atoms with Crippen LogP contribution in [0.1, 0.15) is 11.1 Å². The minimum Gasteiger partial charge on any atom is -0.316 e. The molecular weight excluding hydrogens is 343 g/mol. The molecule has 0 bridgehead atoms. The molecule has 0 aliphatic rings. The van der Waals surface area contributed by atoms with Crippen molar-refractivity contribution in [3.63, 3.8) is 0 Å². The van der Waals surface area contributed by atoms with Gasteiger partial charge in [0.2, 0.25) is 0 Å². The van der Waals surface area contributed by atoms with Gasteiger partial charge in [0.05, 0.1) is 4.47 Å². The fourth-order valence-electron chi connectivity index (χ4n) is 2.20. The van der Waals surface area contributed by atoms with Crippen molar-refractivity contribution in [2.24, 2.45) is 0 Å². The first-order valence-electron chi connectivity index (χ1n) is 6.55. The SMILES string of the molecule is CNC(Cc1ccc(F)cc1F)Cc1cccc(F)c1Br. The maximum atomic E-state index is 13.7. The van der Waals surface area contributed by atoms with Gasteiger partial charge in [-0.15, -0.1) is 0 Å². The third kappa shape index (κ3) is 4.08. The lowest BCUT2D eigenvalue weighted by molar-refractivity contribution is 0.522. The molecule has 1 atom stereocenters. The summed E-state index contributed by atoms with van der Waals surface area (Å²) in [5.41, 5.74) is 1.24. The number of hydrogen-bond donors (Lipinski definition) is 1. The van der Waals surface area contributed by atoms with Gasteiger partial charge in [0, 0.05) is 12.1 Å². The quantitative estimate of drug-likeness (QED) is 0.843. The highest BCUT2D eigenvalue weighted by Crippen LogP contribution is 2.22. The predicted molar refractivity (Wildman–Crippen MR) is 80.7 cm³/mol. The second-order valence-corrected chi connectivity index (χ2v) is 5.64. The fourth-order valence-corrected chi connectivity index (χ4v) is 2.63. The van der Waals surface area contributed by atoms with Crippen LogP contribution in [0.2, 0.25) is 0 Å². The van der Waals surface area contributed by atoms with E-state index in [4.69, 9.17) is 0 Å². The average molecular weight is 358 g/mol. The Labute approximate surface area is 130 Å². The highest BCUT2D eigenvalue weighted by molar-refractivity contribution is 9.10. The van der Waals surface area contributed by atoms with Crippen molar-refractivity contribution < 1.29 is 13.2 Å². The summed E-state index contributed by atoms with van der Waals surface area (Å²) in [6.07, 6.45) is 0.928. The summed E-state index contributed by atoms with van der Waals surface area (Å²) in [7, 11) is 1.76. The van der Waals surface area contributed by atoms with Gasteiger partial charge < -0.3 is 5.32 Å². The molecule has 0 heterocycles. The lowest BCUT2D eigenvalue weighted by Crippen LogP contribution is -2.30. The molecule has 1 nitrogen and oxygen atoms in total. The molecule has 0 spiro atoms. The van der Waals surface area contributed by atoms with Crippen LogP contribution in [0, 0.1) is 17.5 Å². The Morgan fingerprint density at radius 1 is 1.00 bits per heavy atom. The van der Waals surface area contributed by atoms with E-state index in [0.717, 1.165) is 11.6 Å². The summed E-state index contributed by atoms with van der Waals surface area (Å²) in [5, 5.41) is 3.08. The topological polar surface area (TPSA) is 12.0 Å². The van der Waals surface area contributed by atoms with Crippen LogP contribution in [0.5, 0.6) is 0 Å². The van der Waals surface area contributed by atoms with Crippen LogP contribution >= 0.6 is 15.9 Å². The van der Waals surface area contributed by atoms with E-state index < -0.39 is 11.6 Å². The molecule has 0 aliphatic heterocycles. The predicted octanol–water partition coefficient (Wildman–Crippen LogP) is 4.24. The normalized spacial score (nSPS) is 12.4. The molecule has 0 fully saturated rings. The van der Waals surface area contributed by atoms with Crippen LogP contribution in [0.25, 0.3) is 0 Å². The largest absolute Gasteiger partial charge is 0.316 e. The third-order valence-electron chi connectivity index (χ3n) is 3.39. The smallest absolute Gasteiger partial charge is 0.137 e. The molecule has 0 aliphatic carbocycles. The molecule has 1 unspecified atom stereocenters. The maximum absolute atomic E-state index is 13.7. The molecule has 0 amide bonds. The van der Waals surface area contributed by atoms with Gasteiger partial charge in [-0.25, -0.2) is 13.2 Å². The number of nitrogens with one attached hydrogen (secondary N) is 1. The molecule has 0 aromatic heterocycles. The lowest BCUT2D eigenvalue weighted by Gasteiger charge is -2.18. The Balaban J connectivity index is 2.15. The average Bonchev–Trinajstić information content (AvgIpc) is 2.45. The number of likely N-dealkylation sites (N-methyl/N-ethyl adjacent to an activating group) is 1. The molecule has 2 rings (SSSR count). The van der Waals surface area contributed by atoms with Crippen LogP contribution in [0.3, 0.4) is 0 Å². The van der Waals surface area contributed by atoms with Gasteiger partial charge in [0.25, 0.3) is 0 Å². The standard InChI is InChI=1S/C16H15BrF3N/c1-21-13(7-10-5-6-12(18)9-15(10)20)8-11-3-2-4-14(19)16(11)17/h2-6,9,13,21H,7-8H2,1H3. The minimum absolute atomic E-state index is 0.0805. The van der Waals surface area contributed by atoms with Crippen molar-refractivity contribution in [1.29, 1.82) is 0 Å². The summed E-state index contributed by atoms with van der Waals surface area (Å²) < 4.78 is 40.5. The van der Waals surface area contributed by atoms with Gasteiger partial charge in [-0.05, 0) is 59.1 Å². The van der Waals surface area contributed by atoms with Crippen molar-refractivity contribution in [2.45, 2.75) is 18.9 Å². The zero-order valence-corrected chi connectivity index (χ0v) is 13.1. The number of hydrogen-bond acceptors (Lipinski definition) is 1. The summed E-state index contributed by atoms with van der Waals surface area (Å²) in [4.78, 5) is 0. The lowest BCUT2D eigenvalue weighted by atomic mass is 9.98. The summed E-state index contributed by atoms with van der Waals surface area (Å²) in [6, 6.07) is 8.31. The van der Waals surface area contributed by atoms with E-state index in [1.165, 1.54) is 18.2 Å². The monoisotopic (exact) mass is 357 g/mol. The van der Waals surface area contributed by atoms with Gasteiger partial charge in [0.1, 0.15) is 17.5 Å². The first-order chi connectivity index (χ1) is 10.0. The van der Waals surface area contributed by atoms with Crippen LogP contribution < -0.4 is 5.32 Å². The van der Waals surface area contributed by atoms with E-state index in [1.54, 1.807) is 13.1 Å². The van der Waals surface area contributed by atoms with Crippen molar-refractivity contribution in [2.75, 3.05) is 7.05 Å². The number of rotatable bonds is 5. The maximum Gasteiger partial charge on any atom is 0.137 e. The van der Waals surface area contributed by atoms with Gasteiger partial charge >= 0.3 is 0 Å². The highest BCUT2D eigenvalue weighted by atomic mass is 79.9. The van der Waals surface area contributed by atoms with Crippen molar-refractivity contribution in [3.05, 3.63) is 69.4 Å². The fraction of sp³-hybridized carbons (Fsp3) is 0.250. The van der Waals surface area contributed by atoms with Crippen LogP contribution in [0.15, 0.2) is 40.9 Å². The molecule has 2 aromatic rings. The zero-order valence-electron chi connectivity index (χ0n) is 11.5. The number of halogens is 4. The van der Waals surface area contributed by atoms with Gasteiger partial charge in [-0.3, -0.25) is 0 Å². The molecule has 5 heteroatoms. The Morgan fingerprint density at radius 3 is 2.38 bits per heavy atom. The van der Waals surface area contributed by atoms with Gasteiger partial charge in [-0.2, -0.15) is 0 Å². The van der Waals surface area contributed by atoms with E-state index in [9.17, 15) is 13.2 Å². The summed E-state index contributed by atoms with van der Waals surface area (Å²) in [5.74, 6) is -1.48. The summed E-state index contributed by atoms with van der Waals surface area (Å²) in [6.45, 7) is 0. The minimum atomic E-state index is -0.592. The van der Waals surface area contributed by atoms with Crippen molar-refractivity contribution in [3.8, 4) is 0 Å². The Kier molecular flexibility index (Phi) is 5.42. The molecule has 112 valence electrons. The van der Waals surface area contributed by atoms with Gasteiger partial charge in [-0.1, -0.05) is 18.2 Å². The molecule has 1 N–H and O–H groups in total. The van der Waals surface area contributed by atoms with Crippen molar-refractivity contribution in [1.82, 2.24) is 5.32 Å². The van der Waals surface area contributed by atoms with E-state index in [2.05, 4.69) is 21.2 Å². The van der Waals surface area contributed by atoms with Crippen LogP contribution in [-0.2, 0) is 12.8 Å². The molecular formula is C16H15BrF3N. The van der Waals surface area contributed by atoms with Crippen LogP contribution in [0.4, 0.5) is 13.2 Å². The second kappa shape index (κ2) is 7.09. The van der Waals surface area contributed by atoms with Gasteiger partial charge in [0.15, 0.2) is 0 Å². The van der Waals surface area contributed by atoms with E-state index >= 15 is 0 Å². The first-order valence-corrected chi connectivity index (χ1v) is 7.34. The Hall–Kier alpha value is -1.33. The third-order valence-corrected chi connectivity index (χ3v) is 4.28. The van der Waals surface area contributed by atoms with E-state index in [1.807, 2.05) is 6.07 Å². The zero-order chi connectivity index (χ0) is 15.4. The molecule has 0 radical (unpaired) electrons. The molecule has 2 aromatic carbocycles. The van der Waals surface area contributed by atoms with E-state index in [-0.39, 0.29) is 11.9 Å². The van der Waals surface area contributed by atoms with Crippen LogP contribution in [-0.4, -0.2) is 13.1 Å². The molecule has 0 saturated heterocycles. The van der Waals surface area contributed by atoms with E-state index in [0.29, 0.717) is 22.9 Å². The molecule has 21 heavy (non-hydrogen) atoms. The molecule has 0 saturated carbocycles. The Bertz CT molecular complexity index is 631. The first kappa shape index (κ1) is 16.0. The number of benzene rings is 2. The highest BCUT2D eigenvalue weighted by Gasteiger charge is 2.14. The summed E-state index contributed by atoms with van der Waals surface area (Å²) >= 11 is 3.22. The van der Waals surface area contributed by atoms with Crippen molar-refractivity contribution >= 4 is 15.9 Å².